The number of fused-ring (bicyclic) bond motifs is 3. The van der Waals surface area contributed by atoms with E-state index in [1.807, 2.05) is 30.3 Å². The van der Waals surface area contributed by atoms with E-state index in [4.69, 9.17) is 11.6 Å². The van der Waals surface area contributed by atoms with Gasteiger partial charge in [-0.25, -0.2) is 0 Å². The highest BCUT2D eigenvalue weighted by Crippen LogP contribution is 2.39. The van der Waals surface area contributed by atoms with Gasteiger partial charge in [-0.3, -0.25) is 9.79 Å². The molecule has 0 spiro atoms. The van der Waals surface area contributed by atoms with Gasteiger partial charge in [0, 0.05) is 23.1 Å². The van der Waals surface area contributed by atoms with Crippen molar-refractivity contribution in [2.24, 2.45) is 4.99 Å². The molecule has 0 radical (unpaired) electrons. The summed E-state index contributed by atoms with van der Waals surface area (Å²) in [6.07, 6.45) is 4.47. The summed E-state index contributed by atoms with van der Waals surface area (Å²) in [6.45, 7) is 0. The van der Waals surface area contributed by atoms with Crippen LogP contribution in [-0.2, 0) is 4.79 Å². The molecule has 1 aliphatic heterocycles. The highest BCUT2D eigenvalue weighted by molar-refractivity contribution is 6.69. The number of halogens is 1. The van der Waals surface area contributed by atoms with E-state index in [0.29, 0.717) is 5.57 Å². The zero-order valence-electron chi connectivity index (χ0n) is 8.40. The van der Waals surface area contributed by atoms with Gasteiger partial charge in [-0.2, -0.15) is 0 Å². The molecule has 1 heterocycles. The molecule has 2 aliphatic rings. The highest BCUT2D eigenvalue weighted by Gasteiger charge is 2.26. The summed E-state index contributed by atoms with van der Waals surface area (Å²) in [4.78, 5) is 15.9. The van der Waals surface area contributed by atoms with Gasteiger partial charge in [-0.05, 0) is 17.7 Å². The maximum absolute atomic E-state index is 11.4. The molecule has 0 aromatic heterocycles. The topological polar surface area (TPSA) is 29.4 Å². The van der Waals surface area contributed by atoms with Crippen LogP contribution in [0.5, 0.6) is 0 Å². The van der Waals surface area contributed by atoms with Gasteiger partial charge in [0.2, 0.25) is 0 Å². The van der Waals surface area contributed by atoms with Gasteiger partial charge in [0.1, 0.15) is 0 Å². The number of nitrogens with zero attached hydrogens (tertiary/aromatic N) is 1. The third-order valence-electron chi connectivity index (χ3n) is 2.79. The number of carbonyl (C=O) groups excluding carboxylic acids is 1. The predicted octanol–water partition coefficient (Wildman–Crippen LogP) is 3.25. The molecule has 0 fully saturated rings. The van der Waals surface area contributed by atoms with E-state index in [-0.39, 0.29) is 0 Å². The van der Waals surface area contributed by atoms with Crippen LogP contribution in [0.1, 0.15) is 12.0 Å². The van der Waals surface area contributed by atoms with Crippen LogP contribution in [-0.4, -0.2) is 11.0 Å². The fourth-order valence-corrected chi connectivity index (χ4v) is 2.28. The average Bonchev–Trinajstić information content (AvgIpc) is 2.66. The first-order valence-corrected chi connectivity index (χ1v) is 5.43. The smallest absolute Gasteiger partial charge is 0.253 e. The van der Waals surface area contributed by atoms with Crippen LogP contribution >= 0.6 is 11.6 Å². The Morgan fingerprint density at radius 3 is 2.94 bits per heavy atom. The lowest BCUT2D eigenvalue weighted by Crippen LogP contribution is -2.07. The van der Waals surface area contributed by atoms with Crippen LogP contribution in [0.4, 0.5) is 5.69 Å². The molecule has 0 atom stereocenters. The van der Waals surface area contributed by atoms with Crippen molar-refractivity contribution in [1.29, 1.82) is 0 Å². The minimum atomic E-state index is -0.421. The fourth-order valence-electron chi connectivity index (χ4n) is 2.12. The molecule has 16 heavy (non-hydrogen) atoms. The maximum Gasteiger partial charge on any atom is 0.253 e. The maximum atomic E-state index is 11.4. The first kappa shape index (κ1) is 9.55. The molecule has 2 nitrogen and oxygen atoms in total. The molecule has 0 saturated carbocycles. The number of para-hydroxylation sites is 1. The minimum absolute atomic E-state index is 0.421. The molecule has 1 aromatic carbocycles. The average molecular weight is 230 g/mol. The highest BCUT2D eigenvalue weighted by atomic mass is 35.5. The second kappa shape index (κ2) is 3.42. The predicted molar refractivity (Wildman–Crippen MR) is 65.1 cm³/mol. The molecule has 0 bridgehead atoms. The lowest BCUT2D eigenvalue weighted by Gasteiger charge is -2.10. The number of aliphatic imine (C=N–C) groups is 1. The second-order valence-electron chi connectivity index (χ2n) is 3.74. The van der Waals surface area contributed by atoms with Crippen molar-refractivity contribution in [3.8, 4) is 0 Å². The first-order valence-electron chi connectivity index (χ1n) is 5.05. The number of benzene rings is 1. The largest absolute Gasteiger partial charge is 0.276 e. The zero-order chi connectivity index (χ0) is 11.1. The lowest BCUT2D eigenvalue weighted by atomic mass is 9.92. The van der Waals surface area contributed by atoms with Crippen LogP contribution < -0.4 is 0 Å². The molecule has 78 valence electrons. The van der Waals surface area contributed by atoms with Gasteiger partial charge in [-0.15, -0.1) is 0 Å². The van der Waals surface area contributed by atoms with E-state index in [9.17, 15) is 4.79 Å². The third kappa shape index (κ3) is 1.27. The van der Waals surface area contributed by atoms with Crippen molar-refractivity contribution in [3.05, 3.63) is 47.6 Å². The Kier molecular flexibility index (Phi) is 2.04. The number of allylic oxidation sites excluding steroid dienone is 4. The van der Waals surface area contributed by atoms with Gasteiger partial charge in [0.15, 0.2) is 0 Å². The fraction of sp³-hybridized carbons (Fsp3) is 0.0769. The Labute approximate surface area is 98.0 Å². The SMILES string of the molecule is O=C(Cl)C1=C2C(=Nc3ccccc32)CC=C1. The number of hydrogen-bond acceptors (Lipinski definition) is 2. The Morgan fingerprint density at radius 1 is 1.31 bits per heavy atom. The van der Waals surface area contributed by atoms with Crippen molar-refractivity contribution < 1.29 is 4.79 Å². The van der Waals surface area contributed by atoms with Gasteiger partial charge in [0.05, 0.1) is 11.4 Å². The second-order valence-corrected chi connectivity index (χ2v) is 4.09. The first-order chi connectivity index (χ1) is 7.77. The summed E-state index contributed by atoms with van der Waals surface area (Å²) in [5.74, 6) is 0. The van der Waals surface area contributed by atoms with Gasteiger partial charge in [0.25, 0.3) is 5.24 Å². The molecule has 3 heteroatoms. The van der Waals surface area contributed by atoms with Crippen molar-refractivity contribution in [1.82, 2.24) is 0 Å². The Bertz CT molecular complexity index is 581. The monoisotopic (exact) mass is 229 g/mol. The summed E-state index contributed by atoms with van der Waals surface area (Å²) in [6, 6.07) is 7.81. The van der Waals surface area contributed by atoms with E-state index < -0.39 is 5.24 Å². The quantitative estimate of drug-likeness (QED) is 0.680. The van der Waals surface area contributed by atoms with Crippen molar-refractivity contribution in [2.75, 3.05) is 0 Å². The summed E-state index contributed by atoms with van der Waals surface area (Å²) < 4.78 is 0. The van der Waals surface area contributed by atoms with E-state index in [1.165, 1.54) is 0 Å². The number of rotatable bonds is 1. The molecule has 0 unspecified atom stereocenters. The van der Waals surface area contributed by atoms with E-state index >= 15 is 0 Å². The zero-order valence-corrected chi connectivity index (χ0v) is 9.16. The lowest BCUT2D eigenvalue weighted by molar-refractivity contribution is -0.108. The van der Waals surface area contributed by atoms with Crippen LogP contribution in [0.3, 0.4) is 0 Å². The van der Waals surface area contributed by atoms with Crippen LogP contribution in [0.25, 0.3) is 5.57 Å². The van der Waals surface area contributed by atoms with Gasteiger partial charge in [-0.1, -0.05) is 30.4 Å². The molecular weight excluding hydrogens is 222 g/mol. The van der Waals surface area contributed by atoms with Gasteiger partial charge >= 0.3 is 0 Å². The van der Waals surface area contributed by atoms with Crippen molar-refractivity contribution >= 4 is 33.8 Å². The number of hydrogen-bond donors (Lipinski definition) is 0. The minimum Gasteiger partial charge on any atom is -0.276 e. The summed E-state index contributed by atoms with van der Waals surface area (Å²) in [7, 11) is 0. The van der Waals surface area contributed by atoms with Gasteiger partial charge < -0.3 is 0 Å². The summed E-state index contributed by atoms with van der Waals surface area (Å²) in [5.41, 5.74) is 4.32. The molecule has 1 aromatic rings. The van der Waals surface area contributed by atoms with Crippen LogP contribution in [0.2, 0.25) is 0 Å². The molecule has 0 amide bonds. The summed E-state index contributed by atoms with van der Waals surface area (Å²) in [5, 5.41) is -0.421. The van der Waals surface area contributed by atoms with E-state index in [0.717, 1.165) is 29.0 Å². The molecular formula is C13H8ClNO. The Balaban J connectivity index is 2.30. The van der Waals surface area contributed by atoms with Crippen LogP contribution in [0.15, 0.2) is 47.0 Å². The number of carbonyl (C=O) groups is 1. The Morgan fingerprint density at radius 2 is 2.12 bits per heavy atom. The molecule has 1 aliphatic carbocycles. The van der Waals surface area contributed by atoms with Crippen molar-refractivity contribution in [3.63, 3.8) is 0 Å². The molecule has 0 saturated heterocycles. The Hall–Kier alpha value is -1.67. The van der Waals surface area contributed by atoms with Crippen molar-refractivity contribution in [2.45, 2.75) is 6.42 Å². The van der Waals surface area contributed by atoms with E-state index in [2.05, 4.69) is 4.99 Å². The molecule has 3 rings (SSSR count). The van der Waals surface area contributed by atoms with E-state index in [1.54, 1.807) is 6.08 Å². The third-order valence-corrected chi connectivity index (χ3v) is 3.00. The summed E-state index contributed by atoms with van der Waals surface area (Å²) >= 11 is 5.59. The normalized spacial score (nSPS) is 16.9. The van der Waals surface area contributed by atoms with Crippen LogP contribution in [0, 0.1) is 0 Å². The standard InChI is InChI=1S/C13H8ClNO/c14-13(16)9-5-3-7-11-12(9)8-4-1-2-6-10(8)15-11/h1-6H,7H2. The molecule has 0 N–H and O–H groups in total.